The van der Waals surface area contributed by atoms with E-state index in [1.807, 2.05) is 0 Å². The summed E-state index contributed by atoms with van der Waals surface area (Å²) in [6, 6.07) is 0. The predicted molar refractivity (Wildman–Crippen MR) is 47.0 cm³/mol. The first-order valence-corrected chi connectivity index (χ1v) is 4.15. The van der Waals surface area contributed by atoms with Crippen LogP contribution in [0.25, 0.3) is 0 Å². The van der Waals surface area contributed by atoms with Gasteiger partial charge in [0.1, 0.15) is 0 Å². The number of hydrogen-bond acceptors (Lipinski definition) is 4. The Morgan fingerprint density at radius 3 is 2.54 bits per heavy atom. The average Bonchev–Trinajstić information content (AvgIpc) is 2.16. The largest absolute Gasteiger partial charge is 0.468 e. The summed E-state index contributed by atoms with van der Waals surface area (Å²) in [5.74, 6) is -0.399. The number of hydrogen-bond donors (Lipinski definition) is 0. The van der Waals surface area contributed by atoms with E-state index >= 15 is 0 Å². The number of esters is 1. The van der Waals surface area contributed by atoms with Gasteiger partial charge in [0.05, 0.1) is 13.2 Å². The summed E-state index contributed by atoms with van der Waals surface area (Å²) >= 11 is 0. The first kappa shape index (κ1) is 11.7. The molecule has 74 valence electrons. The number of rotatable bonds is 8. The Hall–Kier alpha value is -1.32. The van der Waals surface area contributed by atoms with Crippen molar-refractivity contribution in [3.8, 4) is 0 Å². The Morgan fingerprint density at radius 1 is 1.23 bits per heavy atom. The molecule has 0 N–H and O–H groups in total. The molecule has 0 aliphatic carbocycles. The topological polar surface area (TPSA) is 52.6 Å². The summed E-state index contributed by atoms with van der Waals surface area (Å²) in [6.45, 7) is 4.52. The molecule has 13 heavy (non-hydrogen) atoms. The van der Waals surface area contributed by atoms with Crippen molar-refractivity contribution < 1.29 is 19.1 Å². The minimum atomic E-state index is -0.399. The fourth-order valence-electron chi connectivity index (χ4n) is 0.744. The Labute approximate surface area is 77.5 Å². The summed E-state index contributed by atoms with van der Waals surface area (Å²) in [7, 11) is 0. The van der Waals surface area contributed by atoms with Crippen LogP contribution in [0.3, 0.4) is 0 Å². The highest BCUT2D eigenvalue weighted by atomic mass is 16.5. The van der Waals surface area contributed by atoms with Crippen LogP contribution < -0.4 is 0 Å². The van der Waals surface area contributed by atoms with E-state index in [9.17, 15) is 9.59 Å². The van der Waals surface area contributed by atoms with E-state index in [1.54, 1.807) is 0 Å². The van der Waals surface area contributed by atoms with E-state index in [4.69, 9.17) is 4.74 Å². The van der Waals surface area contributed by atoms with Crippen LogP contribution in [-0.4, -0.2) is 25.7 Å². The summed E-state index contributed by atoms with van der Waals surface area (Å²) in [4.78, 5) is 20.3. The Kier molecular flexibility index (Phi) is 7.88. The molecule has 0 bridgehead atoms. The van der Waals surface area contributed by atoms with Crippen molar-refractivity contribution in [1.29, 1.82) is 0 Å². The molecule has 0 fully saturated rings. The first-order chi connectivity index (χ1) is 6.31. The van der Waals surface area contributed by atoms with Gasteiger partial charge < -0.3 is 9.47 Å². The molecule has 0 rings (SSSR count). The van der Waals surface area contributed by atoms with Crippen molar-refractivity contribution in [1.82, 2.24) is 0 Å². The van der Waals surface area contributed by atoms with Crippen molar-refractivity contribution >= 4 is 12.4 Å². The van der Waals surface area contributed by atoms with Crippen molar-refractivity contribution in [3.63, 3.8) is 0 Å². The maximum absolute atomic E-state index is 10.5. The van der Waals surface area contributed by atoms with Crippen LogP contribution in [-0.2, 0) is 19.1 Å². The second kappa shape index (κ2) is 8.77. The van der Waals surface area contributed by atoms with E-state index in [2.05, 4.69) is 11.3 Å². The zero-order valence-corrected chi connectivity index (χ0v) is 7.53. The van der Waals surface area contributed by atoms with E-state index in [1.165, 1.54) is 0 Å². The van der Waals surface area contributed by atoms with E-state index in [0.717, 1.165) is 25.3 Å². The normalized spacial score (nSPS) is 8.92. The molecule has 0 saturated carbocycles. The molecule has 0 aliphatic heterocycles. The zero-order valence-electron chi connectivity index (χ0n) is 7.53. The Morgan fingerprint density at radius 2 is 1.92 bits per heavy atom. The SMILES string of the molecule is C=CC(=O)OCCCCCOC=O. The quantitative estimate of drug-likeness (QED) is 0.246. The molecule has 0 amide bonds. The van der Waals surface area contributed by atoms with Gasteiger partial charge in [0.25, 0.3) is 6.47 Å². The zero-order chi connectivity index (χ0) is 9.94. The second-order valence-electron chi connectivity index (χ2n) is 2.40. The predicted octanol–water partition coefficient (Wildman–Crippen LogP) is 1.06. The molecule has 0 radical (unpaired) electrons. The number of ether oxygens (including phenoxy) is 2. The summed E-state index contributed by atoms with van der Waals surface area (Å²) in [6.07, 6.45) is 3.58. The van der Waals surface area contributed by atoms with Crippen molar-refractivity contribution in [3.05, 3.63) is 12.7 Å². The van der Waals surface area contributed by atoms with Gasteiger partial charge in [-0.3, -0.25) is 4.79 Å². The summed E-state index contributed by atoms with van der Waals surface area (Å²) < 4.78 is 9.21. The highest BCUT2D eigenvalue weighted by molar-refractivity contribution is 5.81. The highest BCUT2D eigenvalue weighted by Crippen LogP contribution is 1.96. The smallest absolute Gasteiger partial charge is 0.330 e. The molecule has 0 aromatic heterocycles. The third-order valence-electron chi connectivity index (χ3n) is 1.39. The maximum Gasteiger partial charge on any atom is 0.330 e. The lowest BCUT2D eigenvalue weighted by molar-refractivity contribution is -0.137. The first-order valence-electron chi connectivity index (χ1n) is 4.15. The van der Waals surface area contributed by atoms with Crippen LogP contribution in [0.5, 0.6) is 0 Å². The molecule has 0 spiro atoms. The average molecular weight is 186 g/mol. The Balaban J connectivity index is 3.03. The van der Waals surface area contributed by atoms with Gasteiger partial charge in [-0.25, -0.2) is 4.79 Å². The number of unbranched alkanes of at least 4 members (excludes halogenated alkanes) is 2. The van der Waals surface area contributed by atoms with Crippen LogP contribution in [0.1, 0.15) is 19.3 Å². The summed E-state index contributed by atoms with van der Waals surface area (Å²) in [5.41, 5.74) is 0. The summed E-state index contributed by atoms with van der Waals surface area (Å²) in [5, 5.41) is 0. The minimum absolute atomic E-state index is 0.395. The van der Waals surface area contributed by atoms with Gasteiger partial charge >= 0.3 is 5.97 Å². The molecule has 0 aliphatic rings. The third-order valence-corrected chi connectivity index (χ3v) is 1.39. The Bertz CT molecular complexity index is 165. The highest BCUT2D eigenvalue weighted by Gasteiger charge is 1.94. The van der Waals surface area contributed by atoms with Crippen molar-refractivity contribution in [2.24, 2.45) is 0 Å². The molecule has 0 aromatic carbocycles. The standard InChI is InChI=1S/C9H14O4/c1-2-9(11)13-7-5-3-4-6-12-8-10/h2,8H,1,3-7H2. The van der Waals surface area contributed by atoms with Gasteiger partial charge in [0.15, 0.2) is 0 Å². The molecule has 4 nitrogen and oxygen atoms in total. The van der Waals surface area contributed by atoms with Gasteiger partial charge in [0.2, 0.25) is 0 Å². The lowest BCUT2D eigenvalue weighted by atomic mass is 10.2. The lowest BCUT2D eigenvalue weighted by Gasteiger charge is -2.01. The maximum atomic E-state index is 10.5. The van der Waals surface area contributed by atoms with Crippen LogP contribution in [0, 0.1) is 0 Å². The van der Waals surface area contributed by atoms with Crippen LogP contribution >= 0.6 is 0 Å². The molecular weight excluding hydrogens is 172 g/mol. The van der Waals surface area contributed by atoms with Crippen LogP contribution in [0.4, 0.5) is 0 Å². The van der Waals surface area contributed by atoms with Gasteiger partial charge in [0, 0.05) is 6.08 Å². The second-order valence-corrected chi connectivity index (χ2v) is 2.40. The van der Waals surface area contributed by atoms with Crippen LogP contribution in [0.15, 0.2) is 12.7 Å². The van der Waals surface area contributed by atoms with Gasteiger partial charge in [-0.2, -0.15) is 0 Å². The number of carbonyl (C=O) groups is 2. The van der Waals surface area contributed by atoms with Gasteiger partial charge in [-0.05, 0) is 19.3 Å². The van der Waals surface area contributed by atoms with Gasteiger partial charge in [-0.1, -0.05) is 6.58 Å². The lowest BCUT2D eigenvalue weighted by Crippen LogP contribution is -2.02. The fourth-order valence-corrected chi connectivity index (χ4v) is 0.744. The molecule has 0 atom stereocenters. The monoisotopic (exact) mass is 186 g/mol. The molecule has 0 saturated heterocycles. The third kappa shape index (κ3) is 8.59. The fraction of sp³-hybridized carbons (Fsp3) is 0.556. The van der Waals surface area contributed by atoms with Crippen molar-refractivity contribution in [2.75, 3.05) is 13.2 Å². The minimum Gasteiger partial charge on any atom is -0.468 e. The van der Waals surface area contributed by atoms with Crippen LogP contribution in [0.2, 0.25) is 0 Å². The molecule has 4 heteroatoms. The van der Waals surface area contributed by atoms with Gasteiger partial charge in [-0.15, -0.1) is 0 Å². The molecule has 0 unspecified atom stereocenters. The molecular formula is C9H14O4. The van der Waals surface area contributed by atoms with Crippen molar-refractivity contribution in [2.45, 2.75) is 19.3 Å². The van der Waals surface area contributed by atoms with E-state index in [-0.39, 0.29) is 0 Å². The molecule has 0 heterocycles. The molecule has 0 aromatic rings. The van der Waals surface area contributed by atoms with E-state index < -0.39 is 5.97 Å². The number of carbonyl (C=O) groups excluding carboxylic acids is 2. The van der Waals surface area contributed by atoms with E-state index in [0.29, 0.717) is 19.7 Å².